The van der Waals surface area contributed by atoms with Crippen molar-refractivity contribution < 1.29 is 4.52 Å². The molecule has 0 amide bonds. The van der Waals surface area contributed by atoms with Gasteiger partial charge in [-0.05, 0) is 24.3 Å². The zero-order chi connectivity index (χ0) is 11.0. The zero-order valence-electron chi connectivity index (χ0n) is 8.29. The molecule has 0 aliphatic rings. The van der Waals surface area contributed by atoms with Gasteiger partial charge < -0.3 is 10.3 Å². The van der Waals surface area contributed by atoms with Crippen LogP contribution in [-0.2, 0) is 0 Å². The Bertz CT molecular complexity index is 647. The Hall–Kier alpha value is -2.43. The number of nitrogens with zero attached hydrogens (tertiary/aromatic N) is 3. The van der Waals surface area contributed by atoms with Crippen molar-refractivity contribution >= 4 is 16.9 Å². The summed E-state index contributed by atoms with van der Waals surface area (Å²) in [6.07, 6.45) is 1.76. The normalized spacial score (nSPS) is 10.8. The molecule has 0 fully saturated rings. The van der Waals surface area contributed by atoms with Gasteiger partial charge in [-0.3, -0.25) is 4.98 Å². The average molecular weight is 212 g/mol. The van der Waals surface area contributed by atoms with Crippen LogP contribution >= 0.6 is 0 Å². The number of benzene rings is 1. The quantitative estimate of drug-likeness (QED) is 0.666. The summed E-state index contributed by atoms with van der Waals surface area (Å²) in [6, 6.07) is 9.69. The van der Waals surface area contributed by atoms with E-state index in [9.17, 15) is 0 Å². The van der Waals surface area contributed by atoms with Crippen LogP contribution < -0.4 is 5.73 Å². The van der Waals surface area contributed by atoms with Gasteiger partial charge in [-0.1, -0.05) is 11.2 Å². The first-order valence-corrected chi connectivity index (χ1v) is 4.77. The van der Waals surface area contributed by atoms with Gasteiger partial charge in [-0.15, -0.1) is 0 Å². The Morgan fingerprint density at radius 3 is 2.94 bits per heavy atom. The predicted octanol–water partition coefficient (Wildman–Crippen LogP) is 1.87. The van der Waals surface area contributed by atoms with Crippen LogP contribution in [0.3, 0.4) is 0 Å². The second-order valence-corrected chi connectivity index (χ2v) is 3.37. The van der Waals surface area contributed by atoms with E-state index in [4.69, 9.17) is 10.3 Å². The molecular formula is C11H8N4O. The lowest BCUT2D eigenvalue weighted by Crippen LogP contribution is -1.85. The maximum absolute atomic E-state index is 5.38. The minimum Gasteiger partial charge on any atom is -0.351 e. The van der Waals surface area contributed by atoms with Crippen LogP contribution in [0.5, 0.6) is 0 Å². The zero-order valence-corrected chi connectivity index (χ0v) is 8.29. The van der Waals surface area contributed by atoms with Crippen molar-refractivity contribution in [2.24, 2.45) is 0 Å². The molecule has 0 bridgehead atoms. The van der Waals surface area contributed by atoms with Crippen molar-refractivity contribution in [3.05, 3.63) is 36.5 Å². The molecule has 0 saturated carbocycles. The number of aromatic nitrogens is 3. The number of hydrogen-bond acceptors (Lipinski definition) is 5. The first kappa shape index (κ1) is 8.84. The molecule has 16 heavy (non-hydrogen) atoms. The van der Waals surface area contributed by atoms with Gasteiger partial charge in [0.2, 0.25) is 5.82 Å². The summed E-state index contributed by atoms with van der Waals surface area (Å²) in [7, 11) is 0. The van der Waals surface area contributed by atoms with Crippen molar-refractivity contribution in [1.29, 1.82) is 0 Å². The first-order chi connectivity index (χ1) is 7.83. The third-order valence-electron chi connectivity index (χ3n) is 2.30. The number of nitrogen functional groups attached to an aromatic ring is 1. The summed E-state index contributed by atoms with van der Waals surface area (Å²) in [5.74, 6) is 0.489. The van der Waals surface area contributed by atoms with Crippen LogP contribution in [0.25, 0.3) is 22.3 Å². The number of hydrogen-bond donors (Lipinski definition) is 1. The van der Waals surface area contributed by atoms with Crippen molar-refractivity contribution in [3.63, 3.8) is 0 Å². The number of pyridine rings is 1. The van der Waals surface area contributed by atoms with E-state index in [2.05, 4.69) is 15.1 Å². The van der Waals surface area contributed by atoms with Crippen LogP contribution in [0.4, 0.5) is 6.01 Å². The fourth-order valence-corrected chi connectivity index (χ4v) is 1.57. The number of anilines is 1. The summed E-state index contributed by atoms with van der Waals surface area (Å²) in [5.41, 5.74) is 7.17. The summed E-state index contributed by atoms with van der Waals surface area (Å²) < 4.78 is 4.73. The van der Waals surface area contributed by atoms with Crippen LogP contribution in [0.1, 0.15) is 0 Å². The smallest absolute Gasteiger partial charge is 0.319 e. The fraction of sp³-hybridized carbons (Fsp3) is 0. The van der Waals surface area contributed by atoms with Gasteiger partial charge in [0.1, 0.15) is 0 Å². The number of fused-ring (bicyclic) bond motifs is 1. The molecule has 3 rings (SSSR count). The molecule has 5 nitrogen and oxygen atoms in total. The Balaban J connectivity index is 2.18. The van der Waals surface area contributed by atoms with Crippen LogP contribution in [0.2, 0.25) is 0 Å². The third-order valence-corrected chi connectivity index (χ3v) is 2.30. The highest BCUT2D eigenvalue weighted by atomic mass is 16.5. The summed E-state index contributed by atoms with van der Waals surface area (Å²) in [6.45, 7) is 0. The molecule has 0 spiro atoms. The minimum atomic E-state index is 0.0706. The Labute approximate surface area is 90.9 Å². The molecule has 2 heterocycles. The van der Waals surface area contributed by atoms with E-state index in [1.165, 1.54) is 0 Å². The SMILES string of the molecule is Nc1nc(-c2ccc3ncccc3c2)no1. The molecule has 78 valence electrons. The lowest BCUT2D eigenvalue weighted by Gasteiger charge is -1.98. The predicted molar refractivity (Wildman–Crippen MR) is 59.4 cm³/mol. The van der Waals surface area contributed by atoms with Gasteiger partial charge in [0, 0.05) is 17.1 Å². The Morgan fingerprint density at radius 1 is 1.19 bits per heavy atom. The summed E-state index contributed by atoms with van der Waals surface area (Å²) in [5, 5.41) is 4.79. The number of rotatable bonds is 1. The second kappa shape index (κ2) is 3.30. The lowest BCUT2D eigenvalue weighted by atomic mass is 10.1. The van der Waals surface area contributed by atoms with Gasteiger partial charge in [0.25, 0.3) is 0 Å². The fourth-order valence-electron chi connectivity index (χ4n) is 1.57. The Kier molecular flexibility index (Phi) is 1.83. The largest absolute Gasteiger partial charge is 0.351 e. The van der Waals surface area contributed by atoms with E-state index < -0.39 is 0 Å². The first-order valence-electron chi connectivity index (χ1n) is 4.77. The van der Waals surface area contributed by atoms with Crippen molar-refractivity contribution in [3.8, 4) is 11.4 Å². The van der Waals surface area contributed by atoms with Crippen molar-refractivity contribution in [1.82, 2.24) is 15.1 Å². The van der Waals surface area contributed by atoms with E-state index >= 15 is 0 Å². The maximum atomic E-state index is 5.38. The summed E-state index contributed by atoms with van der Waals surface area (Å²) in [4.78, 5) is 8.20. The molecule has 5 heteroatoms. The molecule has 0 aliphatic heterocycles. The second-order valence-electron chi connectivity index (χ2n) is 3.37. The average Bonchev–Trinajstić information content (AvgIpc) is 2.75. The monoisotopic (exact) mass is 212 g/mol. The highest BCUT2D eigenvalue weighted by molar-refractivity contribution is 5.83. The molecular weight excluding hydrogens is 204 g/mol. The highest BCUT2D eigenvalue weighted by Gasteiger charge is 2.06. The molecule has 2 aromatic heterocycles. The van der Waals surface area contributed by atoms with Crippen molar-refractivity contribution in [2.45, 2.75) is 0 Å². The molecule has 0 unspecified atom stereocenters. The van der Waals surface area contributed by atoms with E-state index in [0.717, 1.165) is 16.5 Å². The topological polar surface area (TPSA) is 77.8 Å². The standard InChI is InChI=1S/C11H8N4O/c12-11-14-10(15-16-11)8-3-4-9-7(6-8)2-1-5-13-9/h1-6H,(H2,12,14,15). The van der Waals surface area contributed by atoms with Gasteiger partial charge >= 0.3 is 6.01 Å². The molecule has 3 aromatic rings. The van der Waals surface area contributed by atoms with Crippen LogP contribution in [0.15, 0.2) is 41.1 Å². The molecule has 2 N–H and O–H groups in total. The van der Waals surface area contributed by atoms with Gasteiger partial charge in [-0.25, -0.2) is 0 Å². The van der Waals surface area contributed by atoms with Gasteiger partial charge in [0.05, 0.1) is 5.52 Å². The summed E-state index contributed by atoms with van der Waals surface area (Å²) >= 11 is 0. The molecule has 1 aromatic carbocycles. The molecule has 0 atom stereocenters. The van der Waals surface area contributed by atoms with Crippen molar-refractivity contribution in [2.75, 3.05) is 5.73 Å². The van der Waals surface area contributed by atoms with E-state index in [1.54, 1.807) is 6.20 Å². The minimum absolute atomic E-state index is 0.0706. The van der Waals surface area contributed by atoms with E-state index in [-0.39, 0.29) is 6.01 Å². The number of nitrogens with two attached hydrogens (primary N) is 1. The highest BCUT2D eigenvalue weighted by Crippen LogP contribution is 2.21. The lowest BCUT2D eigenvalue weighted by molar-refractivity contribution is 0.437. The molecule has 0 radical (unpaired) electrons. The third kappa shape index (κ3) is 1.38. The molecule has 0 aliphatic carbocycles. The van der Waals surface area contributed by atoms with Crippen LogP contribution in [-0.4, -0.2) is 15.1 Å². The van der Waals surface area contributed by atoms with Crippen LogP contribution in [0, 0.1) is 0 Å². The molecule has 0 saturated heterocycles. The Morgan fingerprint density at radius 2 is 2.12 bits per heavy atom. The van der Waals surface area contributed by atoms with E-state index in [1.807, 2.05) is 30.3 Å². The maximum Gasteiger partial charge on any atom is 0.319 e. The van der Waals surface area contributed by atoms with Gasteiger partial charge in [0.15, 0.2) is 0 Å². The van der Waals surface area contributed by atoms with Gasteiger partial charge in [-0.2, -0.15) is 4.98 Å². The van der Waals surface area contributed by atoms with E-state index in [0.29, 0.717) is 5.82 Å².